The van der Waals surface area contributed by atoms with Crippen molar-refractivity contribution in [3.63, 3.8) is 0 Å². The van der Waals surface area contributed by atoms with Crippen molar-refractivity contribution in [1.29, 1.82) is 0 Å². The Morgan fingerprint density at radius 2 is 1.82 bits per heavy atom. The van der Waals surface area contributed by atoms with Crippen LogP contribution >= 0.6 is 0 Å². The largest absolute Gasteiger partial charge is 0.481 e. The number of benzene rings is 2. The van der Waals surface area contributed by atoms with Crippen LogP contribution in [-0.4, -0.2) is 47.4 Å². The van der Waals surface area contributed by atoms with Gasteiger partial charge < -0.3 is 14.5 Å². The lowest BCUT2D eigenvalue weighted by atomic mass is 10.1. The Morgan fingerprint density at radius 1 is 1.07 bits per heavy atom. The second-order valence-electron chi connectivity index (χ2n) is 7.59. The molecule has 28 heavy (non-hydrogen) atoms. The zero-order chi connectivity index (χ0) is 20.3. The smallest absolute Gasteiger partial charge is 0.263 e. The summed E-state index contributed by atoms with van der Waals surface area (Å²) in [6.07, 6.45) is -0.628. The fourth-order valence-corrected chi connectivity index (χ4v) is 3.43. The van der Waals surface area contributed by atoms with E-state index in [-0.39, 0.29) is 18.4 Å². The number of nitrogens with zero attached hydrogens (tertiary/aromatic N) is 2. The number of piperazine rings is 1. The molecule has 148 valence electrons. The molecule has 2 aromatic carbocycles. The Balaban J connectivity index is 1.59. The minimum Gasteiger partial charge on any atom is -0.481 e. The highest BCUT2D eigenvalue weighted by molar-refractivity contribution is 5.88. The van der Waals surface area contributed by atoms with E-state index in [0.717, 1.165) is 16.7 Å². The first kappa shape index (κ1) is 19.9. The summed E-state index contributed by atoms with van der Waals surface area (Å²) in [6, 6.07) is 14.1. The van der Waals surface area contributed by atoms with Gasteiger partial charge in [0.2, 0.25) is 5.91 Å². The van der Waals surface area contributed by atoms with E-state index in [9.17, 15) is 9.59 Å². The van der Waals surface area contributed by atoms with Crippen LogP contribution in [0.25, 0.3) is 0 Å². The summed E-state index contributed by atoms with van der Waals surface area (Å²) >= 11 is 0. The first-order valence-corrected chi connectivity index (χ1v) is 9.69. The van der Waals surface area contributed by atoms with Gasteiger partial charge in [0.05, 0.1) is 6.54 Å². The first-order valence-electron chi connectivity index (χ1n) is 9.69. The van der Waals surface area contributed by atoms with Crippen LogP contribution in [0.5, 0.6) is 5.75 Å². The van der Waals surface area contributed by atoms with Gasteiger partial charge in [0.25, 0.3) is 5.91 Å². The van der Waals surface area contributed by atoms with Crippen molar-refractivity contribution in [2.75, 3.05) is 19.6 Å². The summed E-state index contributed by atoms with van der Waals surface area (Å²) in [4.78, 5) is 28.8. The molecule has 2 amide bonds. The molecule has 0 saturated carbocycles. The molecule has 0 bridgehead atoms. The molecular weight excluding hydrogens is 352 g/mol. The van der Waals surface area contributed by atoms with Gasteiger partial charge in [-0.15, -0.1) is 0 Å². The average molecular weight is 380 g/mol. The molecule has 0 N–H and O–H groups in total. The van der Waals surface area contributed by atoms with E-state index in [1.54, 1.807) is 11.8 Å². The van der Waals surface area contributed by atoms with Gasteiger partial charge in [-0.25, -0.2) is 0 Å². The van der Waals surface area contributed by atoms with Gasteiger partial charge in [-0.1, -0.05) is 42.0 Å². The zero-order valence-corrected chi connectivity index (χ0v) is 17.1. The molecule has 1 saturated heterocycles. The van der Waals surface area contributed by atoms with Crippen molar-refractivity contribution < 1.29 is 14.3 Å². The number of aryl methyl sites for hydroxylation is 3. The molecule has 1 atom stereocenters. The highest BCUT2D eigenvalue weighted by atomic mass is 16.5. The normalized spacial score (nSPS) is 15.5. The Labute approximate surface area is 166 Å². The van der Waals surface area contributed by atoms with E-state index in [2.05, 4.69) is 6.07 Å². The van der Waals surface area contributed by atoms with E-state index in [4.69, 9.17) is 4.74 Å². The molecule has 1 aliphatic heterocycles. The Morgan fingerprint density at radius 3 is 2.54 bits per heavy atom. The van der Waals surface area contributed by atoms with Gasteiger partial charge in [-0.05, 0) is 50.5 Å². The topological polar surface area (TPSA) is 49.9 Å². The van der Waals surface area contributed by atoms with Crippen molar-refractivity contribution in [2.24, 2.45) is 0 Å². The number of hydrogen-bond donors (Lipinski definition) is 0. The third-order valence-electron chi connectivity index (χ3n) is 5.08. The third-order valence-corrected chi connectivity index (χ3v) is 5.08. The maximum atomic E-state index is 12.8. The second-order valence-corrected chi connectivity index (χ2v) is 7.59. The van der Waals surface area contributed by atoms with Crippen molar-refractivity contribution in [1.82, 2.24) is 9.80 Å². The Kier molecular flexibility index (Phi) is 6.02. The lowest BCUT2D eigenvalue weighted by Crippen LogP contribution is -2.54. The summed E-state index contributed by atoms with van der Waals surface area (Å²) in [5, 5.41) is 0. The zero-order valence-electron chi connectivity index (χ0n) is 17.1. The van der Waals surface area contributed by atoms with Crippen molar-refractivity contribution >= 4 is 11.8 Å². The predicted molar refractivity (Wildman–Crippen MR) is 109 cm³/mol. The molecule has 1 fully saturated rings. The van der Waals surface area contributed by atoms with E-state index in [1.807, 2.05) is 62.1 Å². The van der Waals surface area contributed by atoms with Crippen LogP contribution in [0.2, 0.25) is 0 Å². The van der Waals surface area contributed by atoms with Crippen molar-refractivity contribution in [3.05, 3.63) is 64.7 Å². The number of hydrogen-bond acceptors (Lipinski definition) is 3. The molecule has 0 aromatic heterocycles. The summed E-state index contributed by atoms with van der Waals surface area (Å²) in [7, 11) is 0. The highest BCUT2D eigenvalue weighted by Gasteiger charge is 2.30. The van der Waals surface area contributed by atoms with Gasteiger partial charge in [0.15, 0.2) is 6.10 Å². The van der Waals surface area contributed by atoms with Gasteiger partial charge in [-0.2, -0.15) is 0 Å². The molecule has 2 aromatic rings. The summed E-state index contributed by atoms with van der Waals surface area (Å²) in [6.45, 7) is 9.48. The minimum atomic E-state index is -0.628. The molecule has 5 nitrogen and oxygen atoms in total. The number of ether oxygens (including phenoxy) is 1. The van der Waals surface area contributed by atoms with Crippen LogP contribution in [0.4, 0.5) is 0 Å². The van der Waals surface area contributed by atoms with E-state index >= 15 is 0 Å². The average Bonchev–Trinajstić information content (AvgIpc) is 2.65. The van der Waals surface area contributed by atoms with Gasteiger partial charge in [0, 0.05) is 19.6 Å². The number of amides is 2. The van der Waals surface area contributed by atoms with E-state index in [0.29, 0.717) is 25.4 Å². The van der Waals surface area contributed by atoms with Crippen LogP contribution in [-0.2, 0) is 16.1 Å². The van der Waals surface area contributed by atoms with Gasteiger partial charge in [0.1, 0.15) is 5.75 Å². The number of carbonyl (C=O) groups is 2. The lowest BCUT2D eigenvalue weighted by Gasteiger charge is -2.35. The molecule has 0 aliphatic carbocycles. The molecule has 5 heteroatoms. The molecule has 1 aliphatic rings. The maximum absolute atomic E-state index is 12.8. The molecule has 1 heterocycles. The maximum Gasteiger partial charge on any atom is 0.263 e. The van der Waals surface area contributed by atoms with Crippen LogP contribution in [0.15, 0.2) is 42.5 Å². The van der Waals surface area contributed by atoms with Gasteiger partial charge >= 0.3 is 0 Å². The Hall–Kier alpha value is -2.82. The first-order chi connectivity index (χ1) is 13.3. The van der Waals surface area contributed by atoms with Crippen molar-refractivity contribution in [2.45, 2.75) is 40.3 Å². The second kappa shape index (κ2) is 8.46. The Bertz CT molecular complexity index is 878. The van der Waals surface area contributed by atoms with Crippen LogP contribution in [0.1, 0.15) is 29.2 Å². The van der Waals surface area contributed by atoms with Crippen LogP contribution in [0, 0.1) is 20.8 Å². The van der Waals surface area contributed by atoms with Crippen LogP contribution in [0.3, 0.4) is 0 Å². The highest BCUT2D eigenvalue weighted by Crippen LogP contribution is 2.21. The van der Waals surface area contributed by atoms with Crippen molar-refractivity contribution in [3.8, 4) is 5.75 Å². The molecule has 0 radical (unpaired) electrons. The molecule has 0 spiro atoms. The lowest BCUT2D eigenvalue weighted by molar-refractivity contribution is -0.149. The van der Waals surface area contributed by atoms with Crippen LogP contribution < -0.4 is 4.74 Å². The molecule has 3 rings (SSSR count). The summed E-state index contributed by atoms with van der Waals surface area (Å²) < 4.78 is 5.90. The fraction of sp³-hybridized carbons (Fsp3) is 0.391. The van der Waals surface area contributed by atoms with E-state index in [1.165, 1.54) is 5.56 Å². The van der Waals surface area contributed by atoms with Gasteiger partial charge in [-0.3, -0.25) is 9.59 Å². The number of carbonyl (C=O) groups excluding carboxylic acids is 2. The summed E-state index contributed by atoms with van der Waals surface area (Å²) in [5.41, 5.74) is 4.36. The SMILES string of the molecule is Cc1cccc(CN2CCN(C(=O)[C@H](C)Oc3cc(C)ccc3C)CC2=O)c1. The molecule has 0 unspecified atom stereocenters. The standard InChI is InChI=1S/C23H28N2O3/c1-16-6-5-7-20(12-16)14-24-10-11-25(15-22(24)26)23(27)19(4)28-21-13-17(2)8-9-18(21)3/h5-9,12-13,19H,10-11,14-15H2,1-4H3/t19-/m0/s1. The predicted octanol–water partition coefficient (Wildman–Crippen LogP) is 3.25. The van der Waals surface area contributed by atoms with E-state index < -0.39 is 6.10 Å². The quantitative estimate of drug-likeness (QED) is 0.800. The fourth-order valence-electron chi connectivity index (χ4n) is 3.43. The molecular formula is C23H28N2O3. The minimum absolute atomic E-state index is 0.0277. The third kappa shape index (κ3) is 4.71. The summed E-state index contributed by atoms with van der Waals surface area (Å²) in [5.74, 6) is 0.537. The monoisotopic (exact) mass is 380 g/mol. The number of rotatable bonds is 5.